The molecule has 0 radical (unpaired) electrons. The molecule has 0 saturated carbocycles. The number of hydrogen-bond donors (Lipinski definition) is 0. The quantitative estimate of drug-likeness (QED) is 0.193. The summed E-state index contributed by atoms with van der Waals surface area (Å²) in [7, 11) is -4.57. The molecule has 1 aliphatic heterocycles. The molecule has 0 bridgehead atoms. The third kappa shape index (κ3) is 8.08. The van der Waals surface area contributed by atoms with Crippen molar-refractivity contribution in [1.29, 1.82) is 0 Å². The van der Waals surface area contributed by atoms with Gasteiger partial charge in [-0.3, -0.25) is 0 Å². The van der Waals surface area contributed by atoms with Gasteiger partial charge in [-0.05, 0) is 36.4 Å². The van der Waals surface area contributed by atoms with Gasteiger partial charge < -0.3 is 42.6 Å². The Balaban J connectivity index is 1.67. The third-order valence-electron chi connectivity index (χ3n) is 5.97. The van der Waals surface area contributed by atoms with Crippen molar-refractivity contribution in [2.45, 2.75) is 30.7 Å². The summed E-state index contributed by atoms with van der Waals surface area (Å²) >= 11 is 0. The molecule has 13 heteroatoms. The van der Waals surface area contributed by atoms with Crippen LogP contribution in [0.1, 0.15) is 31.1 Å². The van der Waals surface area contributed by atoms with Gasteiger partial charge in [0.15, 0.2) is 18.5 Å². The molecular formula is C28H25O12P-2. The van der Waals surface area contributed by atoms with Crippen LogP contribution < -0.4 is 9.79 Å². The number of esters is 3. The average Bonchev–Trinajstić information content (AvgIpc) is 2.98. The van der Waals surface area contributed by atoms with E-state index in [1.165, 1.54) is 43.5 Å². The molecule has 1 fully saturated rings. The molecule has 12 nitrogen and oxygen atoms in total. The van der Waals surface area contributed by atoms with E-state index in [2.05, 4.69) is 0 Å². The number of rotatable bonds is 10. The normalized spacial score (nSPS) is 22.4. The lowest BCUT2D eigenvalue weighted by molar-refractivity contribution is -0.359. The van der Waals surface area contributed by atoms with Gasteiger partial charge in [0.2, 0.25) is 0 Å². The van der Waals surface area contributed by atoms with Gasteiger partial charge in [-0.2, -0.15) is 0 Å². The standard InChI is InChI=1S/C28H27O12P/c1-35-28-24(39-27(31)20-15-9-4-10-16-20)23(38-26(30)19-13-7-3-8-14-19)22(40-41(32,33)34)21(37-28)17-36-25(29)18-11-5-2-6-12-18/h2-16,21-24,28H,17H2,1H3,(H2,32,33,34)/p-2/t21-,22+,23+,24-,28-/m1/s1. The van der Waals surface area contributed by atoms with Crippen LogP contribution in [-0.4, -0.2) is 62.3 Å². The Bertz CT molecular complexity index is 1360. The lowest BCUT2D eigenvalue weighted by Gasteiger charge is -2.47. The highest BCUT2D eigenvalue weighted by molar-refractivity contribution is 7.43. The number of methoxy groups -OCH3 is 1. The van der Waals surface area contributed by atoms with Crippen LogP contribution in [0.5, 0.6) is 0 Å². The van der Waals surface area contributed by atoms with E-state index in [4.69, 9.17) is 28.2 Å². The molecule has 0 amide bonds. The first kappa shape index (κ1) is 30.1. The van der Waals surface area contributed by atoms with Gasteiger partial charge in [0.25, 0.3) is 0 Å². The predicted molar refractivity (Wildman–Crippen MR) is 136 cm³/mol. The van der Waals surface area contributed by atoms with Gasteiger partial charge in [0.1, 0.15) is 18.8 Å². The number of hydrogen-bond acceptors (Lipinski definition) is 12. The third-order valence-corrected chi connectivity index (χ3v) is 6.47. The molecule has 0 spiro atoms. The van der Waals surface area contributed by atoms with Crippen LogP contribution in [0, 0.1) is 0 Å². The van der Waals surface area contributed by atoms with E-state index in [-0.39, 0.29) is 16.7 Å². The van der Waals surface area contributed by atoms with Crippen LogP contribution in [-0.2, 0) is 32.8 Å². The summed E-state index contributed by atoms with van der Waals surface area (Å²) < 4.78 is 44.2. The van der Waals surface area contributed by atoms with E-state index >= 15 is 0 Å². The topological polar surface area (TPSA) is 170 Å². The van der Waals surface area contributed by atoms with E-state index in [0.717, 1.165) is 0 Å². The van der Waals surface area contributed by atoms with Gasteiger partial charge in [-0.15, -0.1) is 0 Å². The SMILES string of the molecule is CO[C@@H]1O[C@H](COC(=O)c2ccccc2)[C@H](OP(=O)([O-])[O-])[C@H](OC(=O)c2ccccc2)[C@H]1OC(=O)c1ccccc1. The first-order chi connectivity index (χ1) is 19.7. The number of ether oxygens (including phenoxy) is 5. The second-order valence-electron chi connectivity index (χ2n) is 8.73. The highest BCUT2D eigenvalue weighted by Gasteiger charge is 2.52. The Morgan fingerprint density at radius 3 is 1.59 bits per heavy atom. The minimum atomic E-state index is -5.77. The molecule has 5 atom stereocenters. The van der Waals surface area contributed by atoms with Gasteiger partial charge in [-0.25, -0.2) is 14.4 Å². The maximum Gasteiger partial charge on any atom is 0.338 e. The van der Waals surface area contributed by atoms with Crippen LogP contribution in [0.25, 0.3) is 0 Å². The largest absolute Gasteiger partial charge is 0.790 e. The number of carbonyl (C=O) groups excluding carboxylic acids is 3. The second-order valence-corrected chi connectivity index (χ2v) is 9.84. The summed E-state index contributed by atoms with van der Waals surface area (Å²) in [6, 6.07) is 23.3. The second kappa shape index (κ2) is 13.6. The smallest absolute Gasteiger partial charge is 0.338 e. The lowest BCUT2D eigenvalue weighted by atomic mass is 9.98. The summed E-state index contributed by atoms with van der Waals surface area (Å²) in [5.41, 5.74) is 0.369. The minimum Gasteiger partial charge on any atom is -0.790 e. The fourth-order valence-corrected chi connectivity index (χ4v) is 4.64. The van der Waals surface area contributed by atoms with E-state index < -0.39 is 63.0 Å². The summed E-state index contributed by atoms with van der Waals surface area (Å²) in [6.45, 7) is -0.642. The van der Waals surface area contributed by atoms with E-state index in [1.54, 1.807) is 54.6 Å². The van der Waals surface area contributed by atoms with Crippen molar-refractivity contribution in [1.82, 2.24) is 0 Å². The van der Waals surface area contributed by atoms with Crippen LogP contribution in [0.15, 0.2) is 91.0 Å². The van der Waals surface area contributed by atoms with Gasteiger partial charge in [0.05, 0.1) is 24.5 Å². The highest BCUT2D eigenvalue weighted by Crippen LogP contribution is 2.37. The molecule has 41 heavy (non-hydrogen) atoms. The lowest BCUT2D eigenvalue weighted by Crippen LogP contribution is -2.62. The molecule has 216 valence electrons. The molecule has 0 N–H and O–H groups in total. The number of phosphoric ester groups is 1. The predicted octanol–water partition coefficient (Wildman–Crippen LogP) is 1.88. The van der Waals surface area contributed by atoms with Crippen molar-refractivity contribution in [2.75, 3.05) is 13.7 Å². The van der Waals surface area contributed by atoms with Gasteiger partial charge in [0, 0.05) is 7.11 Å². The van der Waals surface area contributed by atoms with Crippen LogP contribution in [0.2, 0.25) is 0 Å². The minimum absolute atomic E-state index is 0.0688. The fraction of sp³-hybridized carbons (Fsp3) is 0.250. The Labute approximate surface area is 234 Å². The van der Waals surface area contributed by atoms with Gasteiger partial charge >= 0.3 is 17.9 Å². The van der Waals surface area contributed by atoms with Crippen molar-refractivity contribution < 1.29 is 56.9 Å². The molecule has 0 unspecified atom stereocenters. The van der Waals surface area contributed by atoms with Crippen molar-refractivity contribution >= 4 is 25.7 Å². The van der Waals surface area contributed by atoms with Crippen LogP contribution in [0.3, 0.4) is 0 Å². The van der Waals surface area contributed by atoms with Crippen LogP contribution >= 0.6 is 7.82 Å². The Kier molecular flexibility index (Phi) is 10.0. The van der Waals surface area contributed by atoms with Crippen molar-refractivity contribution in [3.05, 3.63) is 108 Å². The van der Waals surface area contributed by atoms with E-state index in [0.29, 0.717) is 0 Å². The molecule has 3 aromatic carbocycles. The highest BCUT2D eigenvalue weighted by atomic mass is 31.2. The molecule has 1 saturated heterocycles. The Morgan fingerprint density at radius 1 is 0.707 bits per heavy atom. The maximum atomic E-state index is 13.1. The van der Waals surface area contributed by atoms with Gasteiger partial charge in [-0.1, -0.05) is 54.6 Å². The zero-order valence-corrected chi connectivity index (χ0v) is 22.5. The maximum absolute atomic E-state index is 13.1. The average molecular weight is 584 g/mol. The van der Waals surface area contributed by atoms with E-state index in [1.807, 2.05) is 0 Å². The summed E-state index contributed by atoms with van der Waals surface area (Å²) in [6.07, 6.45) is -8.24. The molecule has 0 aliphatic carbocycles. The Hall–Kier alpha value is -3.90. The zero-order valence-electron chi connectivity index (χ0n) is 21.6. The first-order valence-electron chi connectivity index (χ1n) is 12.3. The summed E-state index contributed by atoms with van der Waals surface area (Å²) in [4.78, 5) is 62.2. The van der Waals surface area contributed by atoms with Crippen LogP contribution in [0.4, 0.5) is 0 Å². The molecule has 1 aliphatic rings. The molecule has 4 rings (SSSR count). The molecule has 1 heterocycles. The summed E-state index contributed by atoms with van der Waals surface area (Å²) in [5.74, 6) is -2.62. The summed E-state index contributed by atoms with van der Waals surface area (Å²) in [5, 5.41) is 0. The number of phosphoric acid groups is 1. The molecule has 3 aromatic rings. The van der Waals surface area contributed by atoms with E-state index in [9.17, 15) is 28.7 Å². The van der Waals surface area contributed by atoms with Crippen molar-refractivity contribution in [3.8, 4) is 0 Å². The first-order valence-corrected chi connectivity index (χ1v) is 13.8. The number of benzene rings is 3. The zero-order chi connectivity index (χ0) is 29.4. The molecular weight excluding hydrogens is 559 g/mol. The van der Waals surface area contributed by atoms with Crippen molar-refractivity contribution in [2.24, 2.45) is 0 Å². The molecule has 0 aromatic heterocycles. The van der Waals surface area contributed by atoms with Crippen molar-refractivity contribution in [3.63, 3.8) is 0 Å². The Morgan fingerprint density at radius 2 is 1.15 bits per heavy atom. The monoisotopic (exact) mass is 584 g/mol. The fourth-order valence-electron chi connectivity index (χ4n) is 4.09. The number of carbonyl (C=O) groups is 3.